The van der Waals surface area contributed by atoms with E-state index in [1.54, 1.807) is 0 Å². The molecule has 130 valence electrons. The Kier molecular flexibility index (Phi) is 7.85. The molecule has 0 aromatic carbocycles. The fourth-order valence-corrected chi connectivity index (χ4v) is 2.71. The van der Waals surface area contributed by atoms with E-state index in [1.807, 2.05) is 0 Å². The second kappa shape index (κ2) is 8.35. The van der Waals surface area contributed by atoms with Gasteiger partial charge in [-0.05, 0) is 0 Å². The zero-order valence-electron chi connectivity index (χ0n) is 11.0. The number of carbonyl (C=O) groups is 2. The van der Waals surface area contributed by atoms with Gasteiger partial charge >= 0.3 is 11.9 Å². The summed E-state index contributed by atoms with van der Waals surface area (Å²) in [6.45, 7) is -0.469. The molecule has 0 amide bonds. The summed E-state index contributed by atoms with van der Waals surface area (Å²) in [6.07, 6.45) is 0. The van der Waals surface area contributed by atoms with Crippen LogP contribution in [0.2, 0.25) is 0 Å². The summed E-state index contributed by atoms with van der Waals surface area (Å²) < 4.78 is 59.5. The molecule has 0 aromatic heterocycles. The number of hydrogen-bond acceptors (Lipinski definition) is 8. The van der Waals surface area contributed by atoms with Gasteiger partial charge in [0.15, 0.2) is 0 Å². The van der Waals surface area contributed by atoms with E-state index >= 15 is 0 Å². The quantitative estimate of drug-likeness (QED) is 0.159. The van der Waals surface area contributed by atoms with Gasteiger partial charge in [-0.25, -0.2) is 0 Å². The third kappa shape index (κ3) is 10.4. The summed E-state index contributed by atoms with van der Waals surface area (Å²) in [7, 11) is -9.06. The molecule has 0 aliphatic carbocycles. The van der Waals surface area contributed by atoms with Crippen LogP contribution in [0.3, 0.4) is 0 Å². The van der Waals surface area contributed by atoms with Crippen LogP contribution in [0.15, 0.2) is 0 Å². The molecule has 2 unspecified atom stereocenters. The van der Waals surface area contributed by atoms with Crippen LogP contribution in [0.4, 0.5) is 0 Å². The van der Waals surface area contributed by atoms with Crippen molar-refractivity contribution in [3.05, 3.63) is 0 Å². The van der Waals surface area contributed by atoms with Gasteiger partial charge in [0.25, 0.3) is 20.2 Å². The monoisotopic (exact) mass is 364 g/mol. The van der Waals surface area contributed by atoms with Gasteiger partial charge in [0, 0.05) is 13.1 Å². The third-order valence-corrected chi connectivity index (χ3v) is 3.77. The molecule has 0 heterocycles. The van der Waals surface area contributed by atoms with Gasteiger partial charge in [0.05, 0.1) is 0 Å². The molecule has 0 aliphatic rings. The zero-order valence-corrected chi connectivity index (χ0v) is 12.7. The average molecular weight is 364 g/mol. The molecule has 0 rings (SSSR count). The molecule has 0 spiro atoms. The Morgan fingerprint density at radius 2 is 1.05 bits per heavy atom. The van der Waals surface area contributed by atoms with Crippen molar-refractivity contribution in [3.63, 3.8) is 0 Å². The second-order valence-electron chi connectivity index (χ2n) is 4.19. The summed E-state index contributed by atoms with van der Waals surface area (Å²) in [6, 6.07) is -3.25. The minimum atomic E-state index is -4.53. The molecule has 0 saturated carbocycles. The van der Waals surface area contributed by atoms with Crippen molar-refractivity contribution < 1.29 is 45.7 Å². The van der Waals surface area contributed by atoms with E-state index in [0.29, 0.717) is 0 Å². The van der Waals surface area contributed by atoms with E-state index in [9.17, 15) is 26.4 Å². The number of aliphatic carboxylic acids is 2. The fourth-order valence-electron chi connectivity index (χ4n) is 1.35. The zero-order chi connectivity index (χ0) is 17.6. The van der Waals surface area contributed by atoms with Crippen LogP contribution >= 0.6 is 0 Å². The van der Waals surface area contributed by atoms with E-state index in [2.05, 4.69) is 10.6 Å². The van der Waals surface area contributed by atoms with Crippen LogP contribution in [-0.4, -0.2) is 84.8 Å². The van der Waals surface area contributed by atoms with Crippen LogP contribution in [0, 0.1) is 0 Å². The van der Waals surface area contributed by atoms with Gasteiger partial charge < -0.3 is 20.8 Å². The van der Waals surface area contributed by atoms with Crippen LogP contribution in [0.1, 0.15) is 0 Å². The van der Waals surface area contributed by atoms with Gasteiger partial charge in [-0.3, -0.25) is 18.7 Å². The van der Waals surface area contributed by atoms with Crippen molar-refractivity contribution in [2.45, 2.75) is 12.1 Å². The van der Waals surface area contributed by atoms with E-state index in [-0.39, 0.29) is 13.1 Å². The summed E-state index contributed by atoms with van der Waals surface area (Å²) in [5, 5.41) is 21.9. The molecule has 0 aliphatic heterocycles. The minimum absolute atomic E-state index is 0.234. The highest BCUT2D eigenvalue weighted by Gasteiger charge is 2.25. The number of carboxylic acids is 2. The lowest BCUT2D eigenvalue weighted by Crippen LogP contribution is -2.48. The predicted octanol–water partition coefficient (Wildman–Crippen LogP) is -3.15. The highest BCUT2D eigenvalue weighted by molar-refractivity contribution is 7.86. The van der Waals surface area contributed by atoms with Gasteiger partial charge in [0.1, 0.15) is 23.6 Å². The first-order valence-electron chi connectivity index (χ1n) is 5.64. The fraction of sp³-hybridized carbons (Fsp3) is 0.750. The molecule has 0 radical (unpaired) electrons. The molecule has 0 aromatic rings. The summed E-state index contributed by atoms with van der Waals surface area (Å²) in [5.74, 6) is -5.28. The Morgan fingerprint density at radius 1 is 0.773 bits per heavy atom. The van der Waals surface area contributed by atoms with Gasteiger partial charge in [-0.15, -0.1) is 0 Å². The number of carboxylic acid groups (broad SMARTS) is 2. The van der Waals surface area contributed by atoms with Crippen LogP contribution in [0.25, 0.3) is 0 Å². The Bertz CT molecular complexity index is 544. The van der Waals surface area contributed by atoms with E-state index < -0.39 is 55.8 Å². The second-order valence-corrected chi connectivity index (χ2v) is 7.18. The van der Waals surface area contributed by atoms with Crippen molar-refractivity contribution in [1.82, 2.24) is 10.6 Å². The van der Waals surface area contributed by atoms with E-state index in [0.717, 1.165) is 0 Å². The molecule has 22 heavy (non-hydrogen) atoms. The van der Waals surface area contributed by atoms with Crippen molar-refractivity contribution in [1.29, 1.82) is 0 Å². The Balaban J connectivity index is 4.42. The lowest BCUT2D eigenvalue weighted by atomic mass is 10.3. The van der Waals surface area contributed by atoms with Crippen molar-refractivity contribution >= 4 is 32.2 Å². The number of hydrogen-bond donors (Lipinski definition) is 6. The topological polar surface area (TPSA) is 207 Å². The molecular weight excluding hydrogens is 348 g/mol. The number of rotatable bonds is 11. The SMILES string of the molecule is O=C(O)C(CS(=O)(=O)O)NCCNC(CS(=O)(=O)O)C(=O)O. The van der Waals surface area contributed by atoms with Gasteiger partial charge in [-0.1, -0.05) is 0 Å². The normalized spacial score (nSPS) is 15.2. The first kappa shape index (κ1) is 20.7. The van der Waals surface area contributed by atoms with Crippen LogP contribution < -0.4 is 10.6 Å². The van der Waals surface area contributed by atoms with Crippen molar-refractivity contribution in [2.75, 3.05) is 24.6 Å². The molecule has 6 N–H and O–H groups in total. The third-order valence-electron chi connectivity index (χ3n) is 2.26. The smallest absolute Gasteiger partial charge is 0.321 e. The summed E-state index contributed by atoms with van der Waals surface area (Å²) >= 11 is 0. The summed E-state index contributed by atoms with van der Waals surface area (Å²) in [4.78, 5) is 21.5. The molecule has 12 nitrogen and oxygen atoms in total. The Labute approximate surface area is 126 Å². The molecular formula is C8H16N2O10S2. The highest BCUT2D eigenvalue weighted by atomic mass is 32.2. The molecule has 2 atom stereocenters. The maximum atomic E-state index is 10.7. The van der Waals surface area contributed by atoms with Gasteiger partial charge in [0.2, 0.25) is 0 Å². The van der Waals surface area contributed by atoms with Crippen LogP contribution in [0.5, 0.6) is 0 Å². The predicted molar refractivity (Wildman–Crippen MR) is 71.7 cm³/mol. The number of nitrogens with one attached hydrogen (secondary N) is 2. The van der Waals surface area contributed by atoms with Crippen molar-refractivity contribution in [2.24, 2.45) is 0 Å². The minimum Gasteiger partial charge on any atom is -0.480 e. The maximum absolute atomic E-state index is 10.7. The largest absolute Gasteiger partial charge is 0.480 e. The van der Waals surface area contributed by atoms with Crippen LogP contribution in [-0.2, 0) is 29.8 Å². The lowest BCUT2D eigenvalue weighted by molar-refractivity contribution is -0.140. The van der Waals surface area contributed by atoms with E-state index in [1.165, 1.54) is 0 Å². The Hall–Kier alpha value is -1.32. The van der Waals surface area contributed by atoms with E-state index in [4.69, 9.17) is 19.3 Å². The molecule has 14 heteroatoms. The molecule has 0 fully saturated rings. The molecule has 0 saturated heterocycles. The first-order chi connectivity index (χ1) is 9.82. The lowest BCUT2D eigenvalue weighted by Gasteiger charge is -2.15. The highest BCUT2D eigenvalue weighted by Crippen LogP contribution is 1.93. The standard InChI is InChI=1S/C8H16N2O10S2/c11-7(12)5(3-21(15,16)17)9-1-2-10-6(8(13)14)4-22(18,19)20/h5-6,9-10H,1-4H2,(H,11,12)(H,13,14)(H,15,16,17)(H,18,19,20). The van der Waals surface area contributed by atoms with Crippen molar-refractivity contribution in [3.8, 4) is 0 Å². The average Bonchev–Trinajstić information content (AvgIpc) is 2.27. The Morgan fingerprint density at radius 3 is 1.23 bits per heavy atom. The summed E-state index contributed by atoms with van der Waals surface area (Å²) in [5.41, 5.74) is 0. The first-order valence-corrected chi connectivity index (χ1v) is 8.86. The van der Waals surface area contributed by atoms with Gasteiger partial charge in [-0.2, -0.15) is 16.8 Å². The molecule has 0 bridgehead atoms. The maximum Gasteiger partial charge on any atom is 0.321 e.